The molecule has 1 N–H and O–H groups in total. The Morgan fingerprint density at radius 1 is 1.12 bits per heavy atom. The molecular formula is C17H10Cl2N2O2S2. The van der Waals surface area contributed by atoms with Crippen molar-refractivity contribution in [1.82, 2.24) is 4.98 Å². The average Bonchev–Trinajstić information content (AvgIpc) is 3.16. The maximum atomic E-state index is 12.7. The van der Waals surface area contributed by atoms with Crippen molar-refractivity contribution in [3.8, 4) is 5.75 Å². The van der Waals surface area contributed by atoms with Crippen LogP contribution >= 0.6 is 45.9 Å². The predicted molar refractivity (Wildman–Crippen MR) is 106 cm³/mol. The van der Waals surface area contributed by atoms with Crippen LogP contribution in [0.25, 0.3) is 20.3 Å². The van der Waals surface area contributed by atoms with E-state index in [9.17, 15) is 4.79 Å². The maximum Gasteiger partial charge on any atom is 0.269 e. The number of rotatable bonds is 3. The monoisotopic (exact) mass is 408 g/mol. The van der Waals surface area contributed by atoms with Gasteiger partial charge in [0.1, 0.15) is 15.6 Å². The van der Waals surface area contributed by atoms with Crippen LogP contribution in [0, 0.1) is 0 Å². The summed E-state index contributed by atoms with van der Waals surface area (Å²) in [5.74, 6) is 0.241. The number of fused-ring (bicyclic) bond motifs is 2. The van der Waals surface area contributed by atoms with E-state index in [1.165, 1.54) is 22.7 Å². The molecule has 25 heavy (non-hydrogen) atoms. The van der Waals surface area contributed by atoms with E-state index in [4.69, 9.17) is 27.9 Å². The first-order chi connectivity index (χ1) is 12.1. The van der Waals surface area contributed by atoms with Crippen molar-refractivity contribution in [1.29, 1.82) is 0 Å². The zero-order valence-corrected chi connectivity index (χ0v) is 15.9. The Bertz CT molecular complexity index is 1090. The Balaban J connectivity index is 1.72. The van der Waals surface area contributed by atoms with Gasteiger partial charge in [-0.25, -0.2) is 4.98 Å². The number of benzene rings is 2. The second-order valence-corrected chi connectivity index (χ2v) is 7.95. The molecule has 4 aromatic rings. The molecule has 0 radical (unpaired) electrons. The highest BCUT2D eigenvalue weighted by molar-refractivity contribution is 7.23. The summed E-state index contributed by atoms with van der Waals surface area (Å²) >= 11 is 15.4. The van der Waals surface area contributed by atoms with Gasteiger partial charge in [0.05, 0.1) is 27.0 Å². The number of para-hydroxylation sites is 1. The van der Waals surface area contributed by atoms with Gasteiger partial charge >= 0.3 is 0 Å². The highest BCUT2D eigenvalue weighted by Gasteiger charge is 2.21. The first-order valence-corrected chi connectivity index (χ1v) is 9.59. The average molecular weight is 409 g/mol. The molecule has 0 fully saturated rings. The third-order valence-corrected chi connectivity index (χ3v) is 6.81. The second kappa shape index (κ2) is 6.46. The van der Waals surface area contributed by atoms with Crippen molar-refractivity contribution < 1.29 is 9.53 Å². The summed E-state index contributed by atoms with van der Waals surface area (Å²) in [5.41, 5.74) is 0.845. The van der Waals surface area contributed by atoms with Crippen molar-refractivity contribution in [3.63, 3.8) is 0 Å². The van der Waals surface area contributed by atoms with Crippen molar-refractivity contribution in [2.45, 2.75) is 0 Å². The Morgan fingerprint density at radius 3 is 2.68 bits per heavy atom. The molecule has 2 aromatic heterocycles. The molecule has 0 aliphatic heterocycles. The van der Waals surface area contributed by atoms with Crippen LogP contribution in [0.1, 0.15) is 9.67 Å². The fourth-order valence-electron chi connectivity index (χ4n) is 2.46. The molecule has 0 atom stereocenters. The van der Waals surface area contributed by atoms with E-state index in [2.05, 4.69) is 10.3 Å². The maximum absolute atomic E-state index is 12.7. The summed E-state index contributed by atoms with van der Waals surface area (Å²) in [6, 6.07) is 11.2. The Labute approximate surface area is 161 Å². The van der Waals surface area contributed by atoms with Crippen LogP contribution in [0.4, 0.5) is 5.13 Å². The molecule has 126 valence electrons. The fraction of sp³-hybridized carbons (Fsp3) is 0.0588. The van der Waals surface area contributed by atoms with Gasteiger partial charge < -0.3 is 4.74 Å². The minimum Gasteiger partial charge on any atom is -0.495 e. The van der Waals surface area contributed by atoms with Crippen molar-refractivity contribution in [2.24, 2.45) is 0 Å². The van der Waals surface area contributed by atoms with E-state index < -0.39 is 0 Å². The van der Waals surface area contributed by atoms with E-state index in [0.29, 0.717) is 25.8 Å². The number of hydrogen-bond acceptors (Lipinski definition) is 5. The summed E-state index contributed by atoms with van der Waals surface area (Å²) in [6.45, 7) is 0. The molecule has 0 saturated heterocycles. The molecule has 0 unspecified atom stereocenters. The van der Waals surface area contributed by atoms with Crippen molar-refractivity contribution in [2.75, 3.05) is 12.4 Å². The number of thiazole rings is 1. The molecule has 8 heteroatoms. The molecule has 2 heterocycles. The zero-order chi connectivity index (χ0) is 17.6. The van der Waals surface area contributed by atoms with Gasteiger partial charge in [0.15, 0.2) is 5.13 Å². The van der Waals surface area contributed by atoms with E-state index >= 15 is 0 Å². The van der Waals surface area contributed by atoms with Crippen LogP contribution < -0.4 is 10.1 Å². The third-order valence-electron chi connectivity index (χ3n) is 3.64. The number of anilines is 1. The number of halogens is 2. The summed E-state index contributed by atoms with van der Waals surface area (Å²) in [6.07, 6.45) is 0. The van der Waals surface area contributed by atoms with Gasteiger partial charge in [0, 0.05) is 5.39 Å². The van der Waals surface area contributed by atoms with Crippen LogP contribution in [0.5, 0.6) is 5.75 Å². The van der Waals surface area contributed by atoms with E-state index in [-0.39, 0.29) is 5.91 Å². The molecule has 4 rings (SSSR count). The number of nitrogens with one attached hydrogen (secondary N) is 1. The SMILES string of the molecule is COc1ccc2c(Cl)c(C(=O)Nc3nc4ccccc4s3)sc2c1Cl. The highest BCUT2D eigenvalue weighted by Crippen LogP contribution is 2.43. The van der Waals surface area contributed by atoms with E-state index in [0.717, 1.165) is 20.3 Å². The van der Waals surface area contributed by atoms with Gasteiger partial charge in [0.2, 0.25) is 0 Å². The van der Waals surface area contributed by atoms with E-state index in [1.54, 1.807) is 19.2 Å². The van der Waals surface area contributed by atoms with Crippen molar-refractivity contribution >= 4 is 77.2 Å². The number of carbonyl (C=O) groups is 1. The molecule has 0 spiro atoms. The summed E-state index contributed by atoms with van der Waals surface area (Å²) in [5, 5.41) is 4.91. The van der Waals surface area contributed by atoms with Crippen LogP contribution in [-0.2, 0) is 0 Å². The van der Waals surface area contributed by atoms with Crippen LogP contribution in [0.2, 0.25) is 10.0 Å². The lowest BCUT2D eigenvalue weighted by molar-refractivity contribution is 0.103. The Hall–Kier alpha value is -1.86. The largest absolute Gasteiger partial charge is 0.495 e. The number of hydrogen-bond donors (Lipinski definition) is 1. The minimum atomic E-state index is -0.305. The Kier molecular flexibility index (Phi) is 4.29. The number of nitrogens with zero attached hydrogens (tertiary/aromatic N) is 1. The second-order valence-electron chi connectivity index (χ2n) is 5.14. The first kappa shape index (κ1) is 16.6. The quantitative estimate of drug-likeness (QED) is 0.446. The van der Waals surface area contributed by atoms with Crippen LogP contribution in [0.3, 0.4) is 0 Å². The number of methoxy groups -OCH3 is 1. The lowest BCUT2D eigenvalue weighted by Gasteiger charge is -2.02. The molecule has 0 saturated carbocycles. The van der Waals surface area contributed by atoms with Gasteiger partial charge in [-0.2, -0.15) is 0 Å². The Morgan fingerprint density at radius 2 is 1.92 bits per heavy atom. The number of thiophene rings is 1. The predicted octanol–water partition coefficient (Wildman–Crippen LogP) is 6.08. The summed E-state index contributed by atoms with van der Waals surface area (Å²) in [4.78, 5) is 17.5. The molecular weight excluding hydrogens is 399 g/mol. The van der Waals surface area contributed by atoms with Crippen LogP contribution in [0.15, 0.2) is 36.4 Å². The van der Waals surface area contributed by atoms with Gasteiger partial charge in [-0.15, -0.1) is 11.3 Å². The minimum absolute atomic E-state index is 0.305. The zero-order valence-electron chi connectivity index (χ0n) is 12.8. The molecule has 0 bridgehead atoms. The van der Waals surface area contributed by atoms with Gasteiger partial charge in [-0.1, -0.05) is 46.7 Å². The topological polar surface area (TPSA) is 51.2 Å². The molecule has 1 amide bonds. The fourth-order valence-corrected chi connectivity index (χ4v) is 5.11. The van der Waals surface area contributed by atoms with E-state index in [1.807, 2.05) is 24.3 Å². The molecule has 0 aliphatic carbocycles. The lowest BCUT2D eigenvalue weighted by atomic mass is 10.2. The van der Waals surface area contributed by atoms with Crippen molar-refractivity contribution in [3.05, 3.63) is 51.3 Å². The number of aromatic nitrogens is 1. The smallest absolute Gasteiger partial charge is 0.269 e. The van der Waals surface area contributed by atoms with Crippen LogP contribution in [-0.4, -0.2) is 18.0 Å². The number of amides is 1. The lowest BCUT2D eigenvalue weighted by Crippen LogP contribution is -2.10. The van der Waals surface area contributed by atoms with Gasteiger partial charge in [-0.3, -0.25) is 10.1 Å². The van der Waals surface area contributed by atoms with Gasteiger partial charge in [0.25, 0.3) is 5.91 Å². The third kappa shape index (κ3) is 2.85. The normalized spacial score (nSPS) is 11.2. The number of ether oxygens (including phenoxy) is 1. The van der Waals surface area contributed by atoms with Gasteiger partial charge in [-0.05, 0) is 24.3 Å². The molecule has 4 nitrogen and oxygen atoms in total. The first-order valence-electron chi connectivity index (χ1n) is 7.20. The standard InChI is InChI=1S/C17H10Cl2N2O2S2/c1-23-10-7-6-8-12(18)15(25-14(8)13(10)19)16(22)21-17-20-9-4-2-3-5-11(9)24-17/h2-7H,1H3,(H,20,21,22). The highest BCUT2D eigenvalue weighted by atomic mass is 35.5. The molecule has 0 aliphatic rings. The molecule has 2 aromatic carbocycles. The number of carbonyl (C=O) groups excluding carboxylic acids is 1. The summed E-state index contributed by atoms with van der Waals surface area (Å²) in [7, 11) is 1.54. The summed E-state index contributed by atoms with van der Waals surface area (Å²) < 4.78 is 6.94.